The van der Waals surface area contributed by atoms with Crippen molar-refractivity contribution in [2.75, 3.05) is 0 Å². The summed E-state index contributed by atoms with van der Waals surface area (Å²) in [6, 6.07) is 0. The molecular formula is CH8B4. The van der Waals surface area contributed by atoms with Crippen molar-refractivity contribution < 1.29 is 0 Å². The van der Waals surface area contributed by atoms with E-state index in [9.17, 15) is 0 Å². The molecule has 0 aliphatic carbocycles. The van der Waals surface area contributed by atoms with E-state index in [1.54, 1.807) is 0 Å². The predicted octanol–water partition coefficient (Wildman–Crippen LogP) is -3.45. The second-order valence-electron chi connectivity index (χ2n) is 3.00. The maximum atomic E-state index is 2.19. The van der Waals surface area contributed by atoms with E-state index in [2.05, 4.69) is 31.4 Å². The molecule has 0 nitrogen and oxygen atoms in total. The van der Waals surface area contributed by atoms with E-state index in [-0.39, 0.29) is 0 Å². The van der Waals surface area contributed by atoms with Gasteiger partial charge in [0.05, 0.1) is 31.4 Å². The molecule has 0 radical (unpaired) electrons. The van der Waals surface area contributed by atoms with E-state index in [1.165, 1.54) is 0 Å². The van der Waals surface area contributed by atoms with Crippen LogP contribution in [0.4, 0.5) is 0 Å². The van der Waals surface area contributed by atoms with Gasteiger partial charge in [-0.15, -0.1) is 5.01 Å². The summed E-state index contributed by atoms with van der Waals surface area (Å²) in [7, 11) is 8.75. The molecule has 0 N–H and O–H groups in total. The van der Waals surface area contributed by atoms with Gasteiger partial charge in [0.1, 0.15) is 0 Å². The van der Waals surface area contributed by atoms with Crippen molar-refractivity contribution in [3.8, 4) is 0 Å². The average Bonchev–Trinajstić information content (AvgIpc) is 0.722. The molecule has 0 aliphatic heterocycles. The predicted molar refractivity (Wildman–Crippen MR) is 36.9 cm³/mol. The van der Waals surface area contributed by atoms with Gasteiger partial charge in [-0.25, -0.2) is 0 Å². The SMILES string of the molecule is BC(B)(B)B. The summed E-state index contributed by atoms with van der Waals surface area (Å²) in [4.78, 5) is 0. The maximum Gasteiger partial charge on any atom is 0.0830 e. The Bertz CT molecular complexity index is 19.1. The number of hydrogen-bond acceptors (Lipinski definition) is 0. The van der Waals surface area contributed by atoms with E-state index >= 15 is 0 Å². The highest BCUT2D eigenvalue weighted by molar-refractivity contribution is 6.74. The fourth-order valence-corrected chi connectivity index (χ4v) is 0. The minimum Gasteiger partial charge on any atom is -0.139 e. The summed E-state index contributed by atoms with van der Waals surface area (Å²) in [6.07, 6.45) is 0. The van der Waals surface area contributed by atoms with Gasteiger partial charge in [0.2, 0.25) is 0 Å². The van der Waals surface area contributed by atoms with E-state index in [1.807, 2.05) is 0 Å². The maximum absolute atomic E-state index is 2.19. The molecule has 0 aromatic heterocycles. The van der Waals surface area contributed by atoms with Crippen molar-refractivity contribution in [2.45, 2.75) is 5.01 Å². The lowest BCUT2D eigenvalue weighted by Gasteiger charge is -2.03. The lowest BCUT2D eigenvalue weighted by Crippen LogP contribution is -2.10. The third kappa shape index (κ3) is 322. The molecule has 0 aromatic rings. The molecule has 0 aromatic carbocycles. The Morgan fingerprint density at radius 3 is 0.800 bits per heavy atom. The Hall–Kier alpha value is 0.260. The van der Waals surface area contributed by atoms with Crippen molar-refractivity contribution in [2.24, 2.45) is 0 Å². The fourth-order valence-electron chi connectivity index (χ4n) is 0. The third-order valence-electron chi connectivity index (χ3n) is 0. The van der Waals surface area contributed by atoms with Gasteiger partial charge in [0.25, 0.3) is 0 Å². The first-order valence-corrected chi connectivity index (χ1v) is 2.00. The Balaban J connectivity index is 3.02. The van der Waals surface area contributed by atoms with Gasteiger partial charge in [0, 0.05) is 0 Å². The van der Waals surface area contributed by atoms with Crippen molar-refractivity contribution >= 4 is 31.4 Å². The first-order valence-electron chi connectivity index (χ1n) is 2.00. The minimum absolute atomic E-state index is 0.500. The highest BCUT2D eigenvalue weighted by Gasteiger charge is 1.98. The summed E-state index contributed by atoms with van der Waals surface area (Å²) in [5, 5.41) is 0.500. The third-order valence-corrected chi connectivity index (χ3v) is 0. The summed E-state index contributed by atoms with van der Waals surface area (Å²) >= 11 is 0. The van der Waals surface area contributed by atoms with E-state index in [0.717, 1.165) is 0 Å². The van der Waals surface area contributed by atoms with Crippen LogP contribution in [-0.4, -0.2) is 31.4 Å². The quantitative estimate of drug-likeness (QED) is 0.257. The van der Waals surface area contributed by atoms with Gasteiger partial charge < -0.3 is 0 Å². The first-order chi connectivity index (χ1) is 2.00. The zero-order valence-corrected chi connectivity index (χ0v) is 4.50. The normalized spacial score (nSPS) is 11.2. The molecule has 24 valence electrons. The second-order valence-corrected chi connectivity index (χ2v) is 3.00. The molecular weight excluding hydrogens is 55.3 g/mol. The van der Waals surface area contributed by atoms with Crippen LogP contribution in [0.2, 0.25) is 5.01 Å². The zero-order chi connectivity index (χ0) is 4.50. The Morgan fingerprint density at radius 1 is 0.800 bits per heavy atom. The molecule has 0 aliphatic rings. The van der Waals surface area contributed by atoms with Crippen LogP contribution in [0.3, 0.4) is 0 Å². The van der Waals surface area contributed by atoms with Crippen LogP contribution in [0.1, 0.15) is 0 Å². The molecule has 0 saturated carbocycles. The monoisotopic (exact) mass is 64.1 g/mol. The van der Waals surface area contributed by atoms with Crippen LogP contribution in [0.15, 0.2) is 0 Å². The van der Waals surface area contributed by atoms with E-state index in [0.29, 0.717) is 5.01 Å². The highest BCUT2D eigenvalue weighted by atomic mass is 13.5. The van der Waals surface area contributed by atoms with Crippen molar-refractivity contribution in [3.63, 3.8) is 0 Å². The minimum atomic E-state index is 0.500. The Labute approximate surface area is 37.3 Å². The smallest absolute Gasteiger partial charge is 0.0830 e. The fraction of sp³-hybridized carbons (Fsp3) is 1.00. The lowest BCUT2D eigenvalue weighted by molar-refractivity contribution is 1.71. The van der Waals surface area contributed by atoms with Crippen molar-refractivity contribution in [1.29, 1.82) is 0 Å². The largest absolute Gasteiger partial charge is 0.139 e. The number of rotatable bonds is 0. The van der Waals surface area contributed by atoms with Gasteiger partial charge in [0.15, 0.2) is 0 Å². The van der Waals surface area contributed by atoms with Crippen molar-refractivity contribution in [1.82, 2.24) is 0 Å². The molecule has 0 fully saturated rings. The van der Waals surface area contributed by atoms with E-state index < -0.39 is 0 Å². The van der Waals surface area contributed by atoms with Crippen molar-refractivity contribution in [3.05, 3.63) is 0 Å². The molecule has 0 saturated heterocycles. The molecule has 0 amide bonds. The van der Waals surface area contributed by atoms with E-state index in [4.69, 9.17) is 0 Å². The van der Waals surface area contributed by atoms with Crippen LogP contribution in [0.5, 0.6) is 0 Å². The van der Waals surface area contributed by atoms with Crippen LogP contribution in [0.25, 0.3) is 0 Å². The zero-order valence-electron chi connectivity index (χ0n) is 4.50. The van der Waals surface area contributed by atoms with Crippen LogP contribution in [-0.2, 0) is 0 Å². The molecule has 0 rings (SSSR count). The average molecular weight is 63.3 g/mol. The summed E-state index contributed by atoms with van der Waals surface area (Å²) in [5.74, 6) is 0. The first kappa shape index (κ1) is 5.26. The van der Waals surface area contributed by atoms with Gasteiger partial charge in [-0.2, -0.15) is 0 Å². The lowest BCUT2D eigenvalue weighted by atomic mass is 9.33. The Morgan fingerprint density at radius 2 is 0.800 bits per heavy atom. The standard InChI is InChI=1S/CH8B4/c2-1(3,4)5/h2-5H2. The van der Waals surface area contributed by atoms with Gasteiger partial charge in [-0.3, -0.25) is 0 Å². The van der Waals surface area contributed by atoms with Crippen LogP contribution in [0, 0.1) is 0 Å². The number of hydrogen-bond donors (Lipinski definition) is 0. The summed E-state index contributed by atoms with van der Waals surface area (Å²) < 4.78 is 0. The molecule has 4 heteroatoms. The topological polar surface area (TPSA) is 0 Å². The molecule has 0 bridgehead atoms. The summed E-state index contributed by atoms with van der Waals surface area (Å²) in [6.45, 7) is 0. The highest BCUT2D eigenvalue weighted by Crippen LogP contribution is 1.94. The molecule has 0 spiro atoms. The second kappa shape index (κ2) is 1.16. The molecule has 0 unspecified atom stereocenters. The Kier molecular flexibility index (Phi) is 1.22. The molecule has 5 heavy (non-hydrogen) atoms. The van der Waals surface area contributed by atoms with Crippen LogP contribution < -0.4 is 0 Å². The summed E-state index contributed by atoms with van der Waals surface area (Å²) in [5.41, 5.74) is 0. The van der Waals surface area contributed by atoms with Crippen LogP contribution >= 0.6 is 0 Å². The van der Waals surface area contributed by atoms with Gasteiger partial charge in [-0.05, 0) is 0 Å². The van der Waals surface area contributed by atoms with Gasteiger partial charge >= 0.3 is 0 Å². The molecule has 0 heterocycles. The van der Waals surface area contributed by atoms with Gasteiger partial charge in [-0.1, -0.05) is 0 Å². The molecule has 0 atom stereocenters.